The van der Waals surface area contributed by atoms with Crippen molar-refractivity contribution in [2.75, 3.05) is 13.1 Å². The normalized spacial score (nSPS) is 16.3. The number of alkyl halides is 3. The number of amides is 1. The molecule has 0 unspecified atom stereocenters. The van der Waals surface area contributed by atoms with Gasteiger partial charge in [-0.15, -0.1) is 0 Å². The van der Waals surface area contributed by atoms with Crippen molar-refractivity contribution in [1.82, 2.24) is 4.90 Å². The van der Waals surface area contributed by atoms with E-state index in [2.05, 4.69) is 4.74 Å². The molecular formula is C15H17F3N2O3. The smallest absolute Gasteiger partial charge is 0.369 e. The van der Waals surface area contributed by atoms with Gasteiger partial charge in [0, 0.05) is 19.6 Å². The van der Waals surface area contributed by atoms with Crippen molar-refractivity contribution in [3.63, 3.8) is 0 Å². The van der Waals surface area contributed by atoms with Crippen LogP contribution in [0.15, 0.2) is 24.3 Å². The molecule has 1 saturated heterocycles. The van der Waals surface area contributed by atoms with Crippen molar-refractivity contribution in [3.05, 3.63) is 35.4 Å². The maximum Gasteiger partial charge on any atom is 0.491 e. The molecule has 126 valence electrons. The molecule has 1 aromatic carbocycles. The minimum absolute atomic E-state index is 0.198. The number of likely N-dealkylation sites (tertiary alicyclic amines) is 1. The predicted molar refractivity (Wildman–Crippen MR) is 75.4 cm³/mol. The molecule has 1 amide bonds. The Morgan fingerprint density at radius 1 is 1.26 bits per heavy atom. The van der Waals surface area contributed by atoms with Gasteiger partial charge in [0.05, 0.1) is 0 Å². The molecule has 0 radical (unpaired) electrons. The fourth-order valence-corrected chi connectivity index (χ4v) is 2.57. The van der Waals surface area contributed by atoms with E-state index in [1.807, 2.05) is 24.3 Å². The van der Waals surface area contributed by atoms with Gasteiger partial charge in [-0.1, -0.05) is 24.3 Å². The first-order valence-electron chi connectivity index (χ1n) is 7.18. The van der Waals surface area contributed by atoms with Crippen molar-refractivity contribution in [1.29, 1.82) is 0 Å². The van der Waals surface area contributed by atoms with Gasteiger partial charge in [-0.05, 0) is 29.9 Å². The molecule has 0 aliphatic carbocycles. The van der Waals surface area contributed by atoms with Crippen molar-refractivity contribution >= 4 is 12.1 Å². The fraction of sp³-hybridized carbons (Fsp3) is 0.467. The third kappa shape index (κ3) is 4.44. The third-order valence-corrected chi connectivity index (χ3v) is 3.82. The highest BCUT2D eigenvalue weighted by atomic mass is 19.4. The lowest BCUT2D eigenvalue weighted by Crippen LogP contribution is -2.41. The maximum absolute atomic E-state index is 12.1. The summed E-state index contributed by atoms with van der Waals surface area (Å²) in [6.45, 7) is 0.904. The van der Waals surface area contributed by atoms with E-state index in [4.69, 9.17) is 5.73 Å². The molecule has 8 heteroatoms. The zero-order chi connectivity index (χ0) is 17.0. The molecule has 5 nitrogen and oxygen atoms in total. The summed E-state index contributed by atoms with van der Waals surface area (Å²) in [4.78, 5) is 23.4. The van der Waals surface area contributed by atoms with E-state index in [0.717, 1.165) is 16.0 Å². The Bertz CT molecular complexity index is 582. The van der Waals surface area contributed by atoms with Crippen LogP contribution in [0.3, 0.4) is 0 Å². The number of hydrogen-bond acceptors (Lipinski definition) is 4. The van der Waals surface area contributed by atoms with Crippen LogP contribution in [0, 0.1) is 0 Å². The van der Waals surface area contributed by atoms with Crippen molar-refractivity contribution in [2.45, 2.75) is 31.5 Å². The zero-order valence-electron chi connectivity index (χ0n) is 12.3. The molecule has 0 bridgehead atoms. The molecule has 1 aliphatic heterocycles. The van der Waals surface area contributed by atoms with Crippen LogP contribution in [-0.4, -0.2) is 36.2 Å². The van der Waals surface area contributed by atoms with Gasteiger partial charge in [-0.25, -0.2) is 9.59 Å². The Morgan fingerprint density at radius 2 is 1.91 bits per heavy atom. The zero-order valence-corrected chi connectivity index (χ0v) is 12.3. The number of nitrogens with zero attached hydrogens (tertiary/aromatic N) is 1. The van der Waals surface area contributed by atoms with Crippen LogP contribution in [0.1, 0.15) is 29.9 Å². The minimum Gasteiger partial charge on any atom is -0.369 e. The Kier molecular flexibility index (Phi) is 5.25. The van der Waals surface area contributed by atoms with Crippen LogP contribution >= 0.6 is 0 Å². The van der Waals surface area contributed by atoms with Gasteiger partial charge in [0.1, 0.15) is 0 Å². The van der Waals surface area contributed by atoms with Crippen molar-refractivity contribution in [3.8, 4) is 0 Å². The van der Waals surface area contributed by atoms with Gasteiger partial charge in [-0.2, -0.15) is 13.2 Å². The molecule has 0 saturated carbocycles. The largest absolute Gasteiger partial charge is 0.491 e. The standard InChI is InChI=1S/C15H17F3N2O3/c16-15(17,18)13(21)23-14(22)20-6-4-11(5-7-20)12-3-1-2-10(8-12)9-19/h1-3,8,11H,4-7,9,19H2. The summed E-state index contributed by atoms with van der Waals surface area (Å²) in [6, 6.07) is 7.77. The SMILES string of the molecule is NCc1cccc(C2CCN(C(=O)OC(=O)C(F)(F)F)CC2)c1. The second-order valence-electron chi connectivity index (χ2n) is 5.36. The lowest BCUT2D eigenvalue weighted by atomic mass is 9.89. The number of rotatable bonds is 2. The number of piperidine rings is 1. The van der Waals surface area contributed by atoms with Crippen LogP contribution in [0.25, 0.3) is 0 Å². The number of ether oxygens (including phenoxy) is 1. The van der Waals surface area contributed by atoms with E-state index in [1.54, 1.807) is 0 Å². The molecular weight excluding hydrogens is 313 g/mol. The van der Waals surface area contributed by atoms with Crippen molar-refractivity contribution < 1.29 is 27.5 Å². The minimum atomic E-state index is -5.17. The fourth-order valence-electron chi connectivity index (χ4n) is 2.57. The highest BCUT2D eigenvalue weighted by Crippen LogP contribution is 2.29. The predicted octanol–water partition coefficient (Wildman–Crippen LogP) is 2.55. The summed E-state index contributed by atoms with van der Waals surface area (Å²) in [5.74, 6) is -2.29. The molecule has 23 heavy (non-hydrogen) atoms. The van der Waals surface area contributed by atoms with Gasteiger partial charge in [0.15, 0.2) is 0 Å². The molecule has 2 N–H and O–H groups in total. The molecule has 1 aromatic rings. The van der Waals surface area contributed by atoms with Crippen molar-refractivity contribution in [2.24, 2.45) is 5.73 Å². The van der Waals surface area contributed by atoms with Gasteiger partial charge in [-0.3, -0.25) is 0 Å². The van der Waals surface area contributed by atoms with E-state index >= 15 is 0 Å². The number of hydrogen-bond donors (Lipinski definition) is 1. The van der Waals surface area contributed by atoms with E-state index < -0.39 is 18.2 Å². The van der Waals surface area contributed by atoms with Gasteiger partial charge in [0.25, 0.3) is 0 Å². The quantitative estimate of drug-likeness (QED) is 0.668. The number of nitrogens with two attached hydrogens (primary N) is 1. The average molecular weight is 330 g/mol. The Balaban J connectivity index is 1.90. The Morgan fingerprint density at radius 3 is 2.48 bits per heavy atom. The molecule has 0 spiro atoms. The lowest BCUT2D eigenvalue weighted by Gasteiger charge is -2.31. The highest BCUT2D eigenvalue weighted by molar-refractivity contribution is 5.87. The summed E-state index contributed by atoms with van der Waals surface area (Å²) >= 11 is 0. The van der Waals surface area contributed by atoms with Crippen LogP contribution in [-0.2, 0) is 16.1 Å². The summed E-state index contributed by atoms with van der Waals surface area (Å²) in [5, 5.41) is 0. The molecule has 1 heterocycles. The molecule has 2 rings (SSSR count). The first-order chi connectivity index (χ1) is 10.8. The highest BCUT2D eigenvalue weighted by Gasteiger charge is 2.43. The number of benzene rings is 1. The van der Waals surface area contributed by atoms with Gasteiger partial charge in [0.2, 0.25) is 0 Å². The summed E-state index contributed by atoms with van der Waals surface area (Å²) in [5.41, 5.74) is 7.69. The number of carbonyl (C=O) groups is 2. The van der Waals surface area contributed by atoms with Gasteiger partial charge >= 0.3 is 18.2 Å². The van der Waals surface area contributed by atoms with Crippen LogP contribution in [0.2, 0.25) is 0 Å². The van der Waals surface area contributed by atoms with E-state index in [-0.39, 0.29) is 19.0 Å². The maximum atomic E-state index is 12.1. The second kappa shape index (κ2) is 6.99. The number of halogens is 3. The van der Waals surface area contributed by atoms with E-state index in [1.165, 1.54) is 0 Å². The topological polar surface area (TPSA) is 72.6 Å². The molecule has 1 aliphatic rings. The molecule has 1 fully saturated rings. The molecule has 0 aromatic heterocycles. The Labute approximate surface area is 131 Å². The van der Waals surface area contributed by atoms with E-state index in [9.17, 15) is 22.8 Å². The lowest BCUT2D eigenvalue weighted by molar-refractivity contribution is -0.193. The Hall–Kier alpha value is -2.09. The van der Waals surface area contributed by atoms with Crippen LogP contribution in [0.4, 0.5) is 18.0 Å². The first kappa shape index (κ1) is 17.3. The summed E-state index contributed by atoms with van der Waals surface area (Å²) < 4.78 is 40.1. The van der Waals surface area contributed by atoms with Crippen LogP contribution in [0.5, 0.6) is 0 Å². The monoisotopic (exact) mass is 330 g/mol. The summed E-state index contributed by atoms with van der Waals surface area (Å²) in [7, 11) is 0. The summed E-state index contributed by atoms with van der Waals surface area (Å²) in [6.07, 6.45) is -5.25. The van der Waals surface area contributed by atoms with Gasteiger partial charge < -0.3 is 15.4 Å². The molecule has 0 atom stereocenters. The number of esters is 1. The van der Waals surface area contributed by atoms with Crippen LogP contribution < -0.4 is 5.73 Å². The third-order valence-electron chi connectivity index (χ3n) is 3.82. The first-order valence-corrected chi connectivity index (χ1v) is 7.18. The average Bonchev–Trinajstić information content (AvgIpc) is 2.54. The second-order valence-corrected chi connectivity index (χ2v) is 5.36. The van der Waals surface area contributed by atoms with E-state index in [0.29, 0.717) is 19.4 Å². The number of carbonyl (C=O) groups excluding carboxylic acids is 2.